The fraction of sp³-hybridized carbons (Fsp3) is 0.933. The number of rotatable bonds is 3. The Morgan fingerprint density at radius 3 is 2.11 bits per heavy atom. The summed E-state index contributed by atoms with van der Waals surface area (Å²) in [5.41, 5.74) is 0. The van der Waals surface area contributed by atoms with E-state index in [9.17, 15) is 4.79 Å². The van der Waals surface area contributed by atoms with Crippen LogP contribution in [0.25, 0.3) is 0 Å². The maximum Gasteiger partial charge on any atom is 0.240 e. The molecule has 2 rings (SSSR count). The first-order valence-electron chi connectivity index (χ1n) is 7.66. The average molecular weight is 267 g/mol. The van der Waals surface area contributed by atoms with Gasteiger partial charge in [0.25, 0.3) is 0 Å². The molecule has 0 spiro atoms. The number of amides is 1. The summed E-state index contributed by atoms with van der Waals surface area (Å²) in [5, 5.41) is 3.48. The Morgan fingerprint density at radius 1 is 1.16 bits per heavy atom. The van der Waals surface area contributed by atoms with E-state index in [0.29, 0.717) is 11.8 Å². The first kappa shape index (κ1) is 14.8. The highest BCUT2D eigenvalue weighted by atomic mass is 16.2. The van der Waals surface area contributed by atoms with Crippen molar-refractivity contribution in [3.05, 3.63) is 0 Å². The Bertz CT molecular complexity index is 295. The number of carbonyl (C=O) groups is 1. The number of carbonyl (C=O) groups excluding carboxylic acids is 1. The number of nitrogens with one attached hydrogen (secondary N) is 1. The lowest BCUT2D eigenvalue weighted by Crippen LogP contribution is -2.49. The van der Waals surface area contributed by atoms with Crippen LogP contribution in [0.4, 0.5) is 0 Å². The minimum Gasteiger partial charge on any atom is -0.341 e. The first-order valence-corrected chi connectivity index (χ1v) is 7.66. The summed E-state index contributed by atoms with van der Waals surface area (Å²) in [5.74, 6) is 2.27. The summed E-state index contributed by atoms with van der Waals surface area (Å²) in [6.45, 7) is 8.46. The van der Waals surface area contributed by atoms with Gasteiger partial charge >= 0.3 is 0 Å². The van der Waals surface area contributed by atoms with E-state index in [4.69, 9.17) is 0 Å². The zero-order valence-electron chi connectivity index (χ0n) is 12.9. The minimum absolute atomic E-state index is 0.0241. The van der Waals surface area contributed by atoms with Gasteiger partial charge in [0.1, 0.15) is 0 Å². The van der Waals surface area contributed by atoms with Gasteiger partial charge in [-0.3, -0.25) is 9.69 Å². The molecule has 0 aromatic carbocycles. The fourth-order valence-corrected chi connectivity index (χ4v) is 3.73. The Hall–Kier alpha value is -0.610. The second-order valence-corrected chi connectivity index (χ2v) is 6.73. The van der Waals surface area contributed by atoms with Crippen LogP contribution in [-0.2, 0) is 4.79 Å². The number of likely N-dealkylation sites (tertiary alicyclic amines) is 1. The van der Waals surface area contributed by atoms with Crippen molar-refractivity contribution < 1.29 is 4.79 Å². The van der Waals surface area contributed by atoms with Gasteiger partial charge in [0.2, 0.25) is 5.91 Å². The summed E-state index contributed by atoms with van der Waals surface area (Å²) >= 11 is 0. The van der Waals surface area contributed by atoms with E-state index in [1.54, 1.807) is 0 Å². The second kappa shape index (κ2) is 6.23. The number of hydrogen-bond acceptors (Lipinski definition) is 3. The van der Waals surface area contributed by atoms with Gasteiger partial charge in [-0.2, -0.15) is 0 Å². The molecule has 0 radical (unpaired) electrons. The van der Waals surface area contributed by atoms with Crippen molar-refractivity contribution in [2.24, 2.45) is 17.8 Å². The van der Waals surface area contributed by atoms with Crippen LogP contribution in [0.5, 0.6) is 0 Å². The molecule has 2 saturated heterocycles. The number of nitrogens with zero attached hydrogens (tertiary/aromatic N) is 2. The maximum atomic E-state index is 12.7. The highest BCUT2D eigenvalue weighted by Gasteiger charge is 2.34. The summed E-state index contributed by atoms with van der Waals surface area (Å²) in [7, 11) is 4.03. The van der Waals surface area contributed by atoms with Gasteiger partial charge in [-0.15, -0.1) is 0 Å². The normalized spacial score (nSPS) is 29.5. The van der Waals surface area contributed by atoms with Crippen LogP contribution in [0.2, 0.25) is 0 Å². The smallest absolute Gasteiger partial charge is 0.240 e. The highest BCUT2D eigenvalue weighted by Crippen LogP contribution is 2.27. The van der Waals surface area contributed by atoms with Crippen molar-refractivity contribution in [2.75, 3.05) is 40.3 Å². The van der Waals surface area contributed by atoms with Gasteiger partial charge in [0.05, 0.1) is 6.04 Å². The quantitative estimate of drug-likeness (QED) is 0.829. The third kappa shape index (κ3) is 3.29. The Balaban J connectivity index is 1.99. The Labute approximate surface area is 117 Å². The van der Waals surface area contributed by atoms with Gasteiger partial charge in [0, 0.05) is 13.1 Å². The van der Waals surface area contributed by atoms with Crippen LogP contribution in [0.1, 0.15) is 26.7 Å². The van der Waals surface area contributed by atoms with Crippen LogP contribution >= 0.6 is 0 Å². The molecule has 0 bridgehead atoms. The van der Waals surface area contributed by atoms with Crippen molar-refractivity contribution in [1.29, 1.82) is 0 Å². The van der Waals surface area contributed by atoms with E-state index < -0.39 is 0 Å². The minimum atomic E-state index is 0.0241. The van der Waals surface area contributed by atoms with E-state index >= 15 is 0 Å². The molecule has 2 aliphatic heterocycles. The molecule has 0 unspecified atom stereocenters. The van der Waals surface area contributed by atoms with Gasteiger partial charge in [0.15, 0.2) is 0 Å². The van der Waals surface area contributed by atoms with E-state index in [2.05, 4.69) is 29.0 Å². The second-order valence-electron chi connectivity index (χ2n) is 6.73. The number of fused-ring (bicyclic) bond motifs is 1. The molecule has 3 atom stereocenters. The average Bonchev–Trinajstić information content (AvgIpc) is 2.67. The van der Waals surface area contributed by atoms with Crippen LogP contribution in [-0.4, -0.2) is 62.0 Å². The van der Waals surface area contributed by atoms with E-state index in [-0.39, 0.29) is 6.04 Å². The topological polar surface area (TPSA) is 35.6 Å². The van der Waals surface area contributed by atoms with Crippen molar-refractivity contribution in [2.45, 2.75) is 32.7 Å². The predicted molar refractivity (Wildman–Crippen MR) is 78.0 cm³/mol. The van der Waals surface area contributed by atoms with Gasteiger partial charge in [-0.1, -0.05) is 13.8 Å². The highest BCUT2D eigenvalue weighted by molar-refractivity contribution is 5.82. The molecular formula is C15H29N3O. The van der Waals surface area contributed by atoms with Crippen LogP contribution in [0, 0.1) is 17.8 Å². The van der Waals surface area contributed by atoms with Crippen LogP contribution < -0.4 is 5.32 Å². The lowest BCUT2D eigenvalue weighted by molar-refractivity contribution is -0.137. The van der Waals surface area contributed by atoms with E-state index in [1.807, 2.05) is 14.1 Å². The fourth-order valence-electron chi connectivity index (χ4n) is 3.73. The molecule has 19 heavy (non-hydrogen) atoms. The summed E-state index contributed by atoms with van der Waals surface area (Å²) in [6, 6.07) is 0.0241. The predicted octanol–water partition coefficient (Wildman–Crippen LogP) is 1.03. The lowest BCUT2D eigenvalue weighted by atomic mass is 9.92. The number of likely N-dealkylation sites (N-methyl/N-ethyl adjacent to an activating group) is 1. The third-order valence-corrected chi connectivity index (χ3v) is 4.77. The molecule has 110 valence electrons. The molecule has 4 heteroatoms. The molecule has 0 saturated carbocycles. The van der Waals surface area contributed by atoms with Gasteiger partial charge in [-0.05, 0) is 57.8 Å². The molecule has 1 amide bonds. The Morgan fingerprint density at radius 2 is 1.68 bits per heavy atom. The molecule has 0 aromatic heterocycles. The molecule has 2 fully saturated rings. The maximum absolute atomic E-state index is 12.7. The van der Waals surface area contributed by atoms with Gasteiger partial charge in [-0.25, -0.2) is 0 Å². The van der Waals surface area contributed by atoms with Crippen molar-refractivity contribution >= 4 is 5.91 Å². The van der Waals surface area contributed by atoms with Crippen molar-refractivity contribution in [1.82, 2.24) is 15.1 Å². The lowest BCUT2D eigenvalue weighted by Gasteiger charge is -2.32. The van der Waals surface area contributed by atoms with E-state index in [0.717, 1.165) is 38.0 Å². The number of hydrogen-bond donors (Lipinski definition) is 1. The van der Waals surface area contributed by atoms with Crippen molar-refractivity contribution in [3.8, 4) is 0 Å². The Kier molecular flexibility index (Phi) is 4.85. The largest absolute Gasteiger partial charge is 0.341 e. The molecule has 4 nitrogen and oxygen atoms in total. The molecular weight excluding hydrogens is 238 g/mol. The van der Waals surface area contributed by atoms with Gasteiger partial charge < -0.3 is 10.2 Å². The first-order chi connectivity index (χ1) is 9.00. The SMILES string of the molecule is CC(C)[C@@H](C(=O)N1CC[C@@H]2CNC[C@@H]2CC1)N(C)C. The molecule has 0 aromatic rings. The van der Waals surface area contributed by atoms with Crippen LogP contribution in [0.3, 0.4) is 0 Å². The van der Waals surface area contributed by atoms with Crippen LogP contribution in [0.15, 0.2) is 0 Å². The van der Waals surface area contributed by atoms with E-state index in [1.165, 1.54) is 12.8 Å². The standard InChI is InChI=1S/C15H29N3O/c1-11(2)14(17(3)4)15(19)18-7-5-12-9-16-10-13(12)6-8-18/h11-14,16H,5-10H2,1-4H3/t12-,13+,14-/m0/s1. The zero-order chi connectivity index (χ0) is 14.0. The summed E-state index contributed by atoms with van der Waals surface area (Å²) in [6.07, 6.45) is 2.34. The molecule has 2 aliphatic rings. The molecule has 0 aliphatic carbocycles. The zero-order valence-corrected chi connectivity index (χ0v) is 12.9. The summed E-state index contributed by atoms with van der Waals surface area (Å²) in [4.78, 5) is 16.9. The monoisotopic (exact) mass is 267 g/mol. The third-order valence-electron chi connectivity index (χ3n) is 4.77. The van der Waals surface area contributed by atoms with Crippen molar-refractivity contribution in [3.63, 3.8) is 0 Å². The molecule has 1 N–H and O–H groups in total. The summed E-state index contributed by atoms with van der Waals surface area (Å²) < 4.78 is 0. The molecule has 2 heterocycles.